The zero-order chi connectivity index (χ0) is 19.1. The van der Waals surface area contributed by atoms with Gasteiger partial charge >= 0.3 is 5.97 Å². The van der Waals surface area contributed by atoms with Crippen LogP contribution in [0.25, 0.3) is 0 Å². The van der Waals surface area contributed by atoms with E-state index in [-0.39, 0.29) is 5.78 Å². The molecule has 0 spiro atoms. The maximum Gasteiger partial charge on any atom is 0.347 e. The lowest BCUT2D eigenvalue weighted by Gasteiger charge is -2.14. The number of ether oxygens (including phenoxy) is 2. The molecular weight excluding hydrogens is 334 g/mol. The molecule has 26 heavy (non-hydrogen) atoms. The van der Waals surface area contributed by atoms with Crippen molar-refractivity contribution < 1.29 is 23.9 Å². The van der Waals surface area contributed by atoms with Gasteiger partial charge in [0.25, 0.3) is 5.91 Å². The fourth-order valence-electron chi connectivity index (χ4n) is 2.28. The van der Waals surface area contributed by atoms with E-state index in [1.54, 1.807) is 43.3 Å². The first kappa shape index (κ1) is 19.2. The Kier molecular flexibility index (Phi) is 6.49. The van der Waals surface area contributed by atoms with E-state index in [1.165, 1.54) is 6.92 Å². The summed E-state index contributed by atoms with van der Waals surface area (Å²) in [5.74, 6) is -0.802. The number of benzene rings is 2. The van der Waals surface area contributed by atoms with Crippen LogP contribution >= 0.6 is 0 Å². The Bertz CT molecular complexity index is 815. The van der Waals surface area contributed by atoms with Crippen molar-refractivity contribution in [1.82, 2.24) is 0 Å². The zero-order valence-corrected chi connectivity index (χ0v) is 14.9. The SMILES string of the molecule is CC(=O)c1ccccc1NC(=O)COC(=O)[C@@H](C)Oc1cccc(C)c1. The lowest BCUT2D eigenvalue weighted by atomic mass is 10.1. The highest BCUT2D eigenvalue weighted by Crippen LogP contribution is 2.16. The van der Waals surface area contributed by atoms with Gasteiger partial charge in [-0.15, -0.1) is 0 Å². The molecule has 0 unspecified atom stereocenters. The van der Waals surface area contributed by atoms with Gasteiger partial charge < -0.3 is 14.8 Å². The molecule has 0 fully saturated rings. The summed E-state index contributed by atoms with van der Waals surface area (Å²) < 4.78 is 10.5. The molecule has 6 nitrogen and oxygen atoms in total. The third-order valence-electron chi connectivity index (χ3n) is 3.56. The first-order chi connectivity index (χ1) is 12.4. The van der Waals surface area contributed by atoms with Gasteiger partial charge in [0.05, 0.1) is 5.69 Å². The van der Waals surface area contributed by atoms with Gasteiger partial charge in [-0.25, -0.2) is 4.79 Å². The number of Topliss-reactive ketones (excluding diaryl/α,β-unsaturated/α-hetero) is 1. The summed E-state index contributed by atoms with van der Waals surface area (Å²) in [6.07, 6.45) is -0.853. The highest BCUT2D eigenvalue weighted by atomic mass is 16.6. The standard InChI is InChI=1S/C20H21NO5/c1-13-7-6-8-16(11-13)26-15(3)20(24)25-12-19(23)21-18-10-5-4-9-17(18)14(2)22/h4-11,15H,12H2,1-3H3,(H,21,23)/t15-/m1/s1. The Labute approximate surface area is 152 Å². The molecule has 1 atom stereocenters. The number of carbonyl (C=O) groups excluding carboxylic acids is 3. The zero-order valence-electron chi connectivity index (χ0n) is 14.9. The number of esters is 1. The van der Waals surface area contributed by atoms with E-state index >= 15 is 0 Å². The van der Waals surface area contributed by atoms with Crippen molar-refractivity contribution in [3.63, 3.8) is 0 Å². The van der Waals surface area contributed by atoms with Crippen LogP contribution in [0, 0.1) is 6.92 Å². The van der Waals surface area contributed by atoms with Crippen LogP contribution in [0.1, 0.15) is 29.8 Å². The topological polar surface area (TPSA) is 81.7 Å². The third kappa shape index (κ3) is 5.44. The van der Waals surface area contributed by atoms with E-state index in [2.05, 4.69) is 5.32 Å². The van der Waals surface area contributed by atoms with Crippen LogP contribution in [0.2, 0.25) is 0 Å². The van der Waals surface area contributed by atoms with E-state index in [9.17, 15) is 14.4 Å². The number of amides is 1. The smallest absolute Gasteiger partial charge is 0.347 e. The van der Waals surface area contributed by atoms with Crippen molar-refractivity contribution in [3.05, 3.63) is 59.7 Å². The molecule has 2 aromatic carbocycles. The number of hydrogen-bond acceptors (Lipinski definition) is 5. The molecule has 2 aromatic rings. The van der Waals surface area contributed by atoms with Gasteiger partial charge in [0.2, 0.25) is 0 Å². The monoisotopic (exact) mass is 355 g/mol. The fourth-order valence-corrected chi connectivity index (χ4v) is 2.28. The van der Waals surface area contributed by atoms with Crippen LogP contribution < -0.4 is 10.1 Å². The number of ketones is 1. The summed E-state index contributed by atoms with van der Waals surface area (Å²) in [6, 6.07) is 13.9. The van der Waals surface area contributed by atoms with E-state index in [0.29, 0.717) is 17.0 Å². The third-order valence-corrected chi connectivity index (χ3v) is 3.56. The van der Waals surface area contributed by atoms with Crippen LogP contribution in [0.4, 0.5) is 5.69 Å². The molecule has 0 heterocycles. The molecule has 0 aliphatic carbocycles. The quantitative estimate of drug-likeness (QED) is 0.609. The Balaban J connectivity index is 1.87. The van der Waals surface area contributed by atoms with Gasteiger partial charge in [0, 0.05) is 5.56 Å². The molecule has 6 heteroatoms. The van der Waals surface area contributed by atoms with Crippen molar-refractivity contribution in [2.75, 3.05) is 11.9 Å². The van der Waals surface area contributed by atoms with Crippen molar-refractivity contribution in [2.45, 2.75) is 26.9 Å². The summed E-state index contributed by atoms with van der Waals surface area (Å²) in [5, 5.41) is 2.57. The van der Waals surface area contributed by atoms with Crippen LogP contribution in [0.3, 0.4) is 0 Å². The molecule has 2 rings (SSSR count). The Morgan fingerprint density at radius 3 is 2.50 bits per heavy atom. The largest absolute Gasteiger partial charge is 0.479 e. The van der Waals surface area contributed by atoms with E-state index < -0.39 is 24.6 Å². The number of nitrogens with one attached hydrogen (secondary N) is 1. The number of hydrogen-bond donors (Lipinski definition) is 1. The highest BCUT2D eigenvalue weighted by Gasteiger charge is 2.18. The molecule has 136 valence electrons. The molecule has 0 radical (unpaired) electrons. The summed E-state index contributed by atoms with van der Waals surface area (Å²) in [7, 11) is 0. The second kappa shape index (κ2) is 8.80. The van der Waals surface area contributed by atoms with Gasteiger partial charge in [0.15, 0.2) is 18.5 Å². The minimum Gasteiger partial charge on any atom is -0.479 e. The Hall–Kier alpha value is -3.15. The molecule has 0 saturated heterocycles. The predicted octanol–water partition coefficient (Wildman–Crippen LogP) is 3.15. The highest BCUT2D eigenvalue weighted by molar-refractivity contribution is 6.04. The first-order valence-corrected chi connectivity index (χ1v) is 8.16. The average Bonchev–Trinajstić information content (AvgIpc) is 2.60. The van der Waals surface area contributed by atoms with Gasteiger partial charge in [-0.1, -0.05) is 24.3 Å². The van der Waals surface area contributed by atoms with E-state index in [0.717, 1.165) is 5.56 Å². The van der Waals surface area contributed by atoms with Gasteiger partial charge in [0.1, 0.15) is 5.75 Å². The molecule has 1 amide bonds. The second-order valence-corrected chi connectivity index (χ2v) is 5.83. The lowest BCUT2D eigenvalue weighted by molar-refractivity contribution is -0.153. The Morgan fingerprint density at radius 1 is 1.08 bits per heavy atom. The molecule has 0 aliphatic heterocycles. The van der Waals surface area contributed by atoms with Crippen LogP contribution in [0.5, 0.6) is 5.75 Å². The maximum atomic E-state index is 12.0. The predicted molar refractivity (Wildman–Crippen MR) is 97.3 cm³/mol. The Morgan fingerprint density at radius 2 is 1.81 bits per heavy atom. The van der Waals surface area contributed by atoms with Crippen molar-refractivity contribution >= 4 is 23.3 Å². The minimum atomic E-state index is -0.853. The van der Waals surface area contributed by atoms with Crippen molar-refractivity contribution in [3.8, 4) is 5.75 Å². The molecule has 1 N–H and O–H groups in total. The van der Waals surface area contributed by atoms with Gasteiger partial charge in [-0.3, -0.25) is 9.59 Å². The first-order valence-electron chi connectivity index (χ1n) is 8.16. The number of anilines is 1. The molecule has 0 bridgehead atoms. The van der Waals surface area contributed by atoms with Crippen LogP contribution in [-0.4, -0.2) is 30.4 Å². The van der Waals surface area contributed by atoms with Gasteiger partial charge in [-0.05, 0) is 50.6 Å². The normalized spacial score (nSPS) is 11.3. The number of para-hydroxylation sites is 1. The van der Waals surface area contributed by atoms with E-state index in [4.69, 9.17) is 9.47 Å². The molecular formula is C20H21NO5. The fraction of sp³-hybridized carbons (Fsp3) is 0.250. The van der Waals surface area contributed by atoms with E-state index in [1.807, 2.05) is 19.1 Å². The number of aryl methyl sites for hydroxylation is 1. The summed E-state index contributed by atoms with van der Waals surface area (Å²) in [5.41, 5.74) is 1.78. The maximum absolute atomic E-state index is 12.0. The lowest BCUT2D eigenvalue weighted by Crippen LogP contribution is -2.30. The second-order valence-electron chi connectivity index (χ2n) is 5.83. The van der Waals surface area contributed by atoms with Crippen LogP contribution in [0.15, 0.2) is 48.5 Å². The molecule has 0 aliphatic rings. The van der Waals surface area contributed by atoms with Gasteiger partial charge in [-0.2, -0.15) is 0 Å². The summed E-state index contributed by atoms with van der Waals surface area (Å²) in [4.78, 5) is 35.5. The van der Waals surface area contributed by atoms with Crippen LogP contribution in [-0.2, 0) is 14.3 Å². The van der Waals surface area contributed by atoms with Crippen molar-refractivity contribution in [1.29, 1.82) is 0 Å². The summed E-state index contributed by atoms with van der Waals surface area (Å²) in [6.45, 7) is 4.41. The molecule has 0 aromatic heterocycles. The molecule has 0 saturated carbocycles. The van der Waals surface area contributed by atoms with Crippen molar-refractivity contribution in [2.24, 2.45) is 0 Å². The minimum absolute atomic E-state index is 0.168. The number of rotatable bonds is 7. The number of carbonyl (C=O) groups is 3. The summed E-state index contributed by atoms with van der Waals surface area (Å²) >= 11 is 0. The average molecular weight is 355 g/mol.